The Bertz CT molecular complexity index is 1410. The van der Waals surface area contributed by atoms with E-state index in [2.05, 4.69) is 24.9 Å². The molecule has 13 heteroatoms. The number of benzene rings is 1. The molecule has 4 aromatic rings. The number of nitrogens with zero attached hydrogens (tertiary/aromatic N) is 5. The van der Waals surface area contributed by atoms with Gasteiger partial charge in [0.15, 0.2) is 11.6 Å². The Balaban J connectivity index is 1.79. The second-order valence-electron chi connectivity index (χ2n) is 7.58. The molecule has 1 aromatic carbocycles. The Morgan fingerprint density at radius 3 is 2.31 bits per heavy atom. The van der Waals surface area contributed by atoms with E-state index in [0.29, 0.717) is 28.7 Å². The van der Waals surface area contributed by atoms with Crippen LogP contribution in [0.15, 0.2) is 47.1 Å². The minimum absolute atomic E-state index is 0.0496. The summed E-state index contributed by atoms with van der Waals surface area (Å²) < 4.78 is 60.2. The van der Waals surface area contributed by atoms with Crippen LogP contribution in [-0.4, -0.2) is 52.6 Å². The first-order chi connectivity index (χ1) is 16.7. The van der Waals surface area contributed by atoms with E-state index in [-0.39, 0.29) is 24.0 Å². The molecule has 3 heterocycles. The molecule has 0 aliphatic heterocycles. The van der Waals surface area contributed by atoms with Crippen molar-refractivity contribution in [2.75, 3.05) is 18.9 Å². The highest BCUT2D eigenvalue weighted by Gasteiger charge is 2.29. The van der Waals surface area contributed by atoms with Gasteiger partial charge in [0.2, 0.25) is 21.8 Å². The van der Waals surface area contributed by atoms with Crippen LogP contribution in [0.4, 0.5) is 10.3 Å². The molecule has 0 spiro atoms. The predicted molar refractivity (Wildman–Crippen MR) is 125 cm³/mol. The Hall–Kier alpha value is -4.00. The minimum Gasteiger partial charge on any atom is -0.494 e. The summed E-state index contributed by atoms with van der Waals surface area (Å²) in [6.45, 7) is 3.26. The maximum Gasteiger partial charge on any atom is 0.243 e. The van der Waals surface area contributed by atoms with Gasteiger partial charge in [-0.2, -0.15) is 0 Å². The van der Waals surface area contributed by atoms with Crippen LogP contribution in [0, 0.1) is 12.7 Å². The Kier molecular flexibility index (Phi) is 6.69. The summed E-state index contributed by atoms with van der Waals surface area (Å²) >= 11 is 0. The number of para-hydroxylation sites is 1. The third-order valence-electron chi connectivity index (χ3n) is 5.16. The second-order valence-corrected chi connectivity index (χ2v) is 9.68. The topological polar surface area (TPSA) is 134 Å². The van der Waals surface area contributed by atoms with Crippen LogP contribution in [0.1, 0.15) is 18.5 Å². The smallest absolute Gasteiger partial charge is 0.243 e. The SMILES string of the molecule is COc1cccc(OC)c1-n1c(NS(=O)(=O)[C@@H](C)Cc2ncc(F)cn2)nnc1-c1ccc(C)o1. The zero-order valence-corrected chi connectivity index (χ0v) is 20.2. The fraction of sp³-hybridized carbons (Fsp3) is 0.273. The number of rotatable bonds is 9. The van der Waals surface area contributed by atoms with Crippen molar-refractivity contribution in [3.63, 3.8) is 0 Å². The summed E-state index contributed by atoms with van der Waals surface area (Å²) in [7, 11) is -1.05. The van der Waals surface area contributed by atoms with Crippen molar-refractivity contribution in [2.24, 2.45) is 0 Å². The molecule has 11 nitrogen and oxygen atoms in total. The quantitative estimate of drug-likeness (QED) is 0.366. The van der Waals surface area contributed by atoms with Gasteiger partial charge >= 0.3 is 0 Å². The van der Waals surface area contributed by atoms with E-state index in [0.717, 1.165) is 12.4 Å². The van der Waals surface area contributed by atoms with Crippen LogP contribution in [0.3, 0.4) is 0 Å². The maximum absolute atomic E-state index is 13.2. The van der Waals surface area contributed by atoms with E-state index in [9.17, 15) is 12.8 Å². The standard InChI is InChI=1S/C22H23FN6O5S/c1-13-8-9-18(34-13)21-26-27-22(29(21)20-16(32-3)6-5-7-17(20)33-4)28-35(30,31)14(2)10-19-24-11-15(23)12-25-19/h5-9,11-12,14H,10H2,1-4H3,(H,27,28)/t14-/m0/s1. The number of aryl methyl sites for hydroxylation is 1. The van der Waals surface area contributed by atoms with Crippen LogP contribution < -0.4 is 14.2 Å². The van der Waals surface area contributed by atoms with Gasteiger partial charge < -0.3 is 13.9 Å². The molecule has 0 bridgehead atoms. The van der Waals surface area contributed by atoms with Crippen molar-refractivity contribution in [3.8, 4) is 28.8 Å². The molecule has 0 fully saturated rings. The first-order valence-corrected chi connectivity index (χ1v) is 12.0. The zero-order valence-electron chi connectivity index (χ0n) is 19.4. The van der Waals surface area contributed by atoms with Crippen molar-refractivity contribution in [1.29, 1.82) is 0 Å². The molecule has 1 atom stereocenters. The van der Waals surface area contributed by atoms with E-state index in [4.69, 9.17) is 13.9 Å². The molecule has 0 radical (unpaired) electrons. The highest BCUT2D eigenvalue weighted by atomic mass is 32.2. The lowest BCUT2D eigenvalue weighted by Gasteiger charge is -2.18. The number of aromatic nitrogens is 5. The molecule has 0 amide bonds. The number of nitrogens with one attached hydrogen (secondary N) is 1. The molecule has 0 saturated carbocycles. The van der Waals surface area contributed by atoms with Crippen LogP contribution in [0.25, 0.3) is 17.3 Å². The highest BCUT2D eigenvalue weighted by molar-refractivity contribution is 7.93. The average Bonchev–Trinajstić information content (AvgIpc) is 3.45. The lowest BCUT2D eigenvalue weighted by Crippen LogP contribution is -2.29. The van der Waals surface area contributed by atoms with Gasteiger partial charge in [-0.1, -0.05) is 6.07 Å². The molecule has 0 unspecified atom stereocenters. The van der Waals surface area contributed by atoms with Crippen molar-refractivity contribution in [3.05, 3.63) is 60.1 Å². The van der Waals surface area contributed by atoms with Gasteiger partial charge in [-0.05, 0) is 38.1 Å². The van der Waals surface area contributed by atoms with Gasteiger partial charge in [0.25, 0.3) is 0 Å². The van der Waals surface area contributed by atoms with Gasteiger partial charge in [0.1, 0.15) is 28.8 Å². The Morgan fingerprint density at radius 2 is 1.74 bits per heavy atom. The van der Waals surface area contributed by atoms with E-state index >= 15 is 0 Å². The first-order valence-electron chi connectivity index (χ1n) is 10.4. The lowest BCUT2D eigenvalue weighted by molar-refractivity contribution is 0.391. The number of hydrogen-bond donors (Lipinski definition) is 1. The molecular weight excluding hydrogens is 479 g/mol. The third kappa shape index (κ3) is 4.94. The predicted octanol–water partition coefficient (Wildman–Crippen LogP) is 3.15. The van der Waals surface area contributed by atoms with Crippen molar-refractivity contribution >= 4 is 16.0 Å². The fourth-order valence-corrected chi connectivity index (χ4v) is 4.32. The lowest BCUT2D eigenvalue weighted by atomic mass is 10.2. The molecular formula is C22H23FN6O5S. The van der Waals surface area contributed by atoms with Crippen molar-refractivity contribution in [2.45, 2.75) is 25.5 Å². The van der Waals surface area contributed by atoms with Gasteiger partial charge in [0, 0.05) is 6.42 Å². The van der Waals surface area contributed by atoms with E-state index in [1.165, 1.54) is 25.7 Å². The Labute approximate surface area is 201 Å². The van der Waals surface area contributed by atoms with Crippen molar-refractivity contribution < 1.29 is 26.7 Å². The molecule has 184 valence electrons. The molecule has 1 N–H and O–H groups in total. The average molecular weight is 503 g/mol. The maximum atomic E-state index is 13.2. The second kappa shape index (κ2) is 9.70. The molecule has 0 saturated heterocycles. The molecule has 0 aliphatic carbocycles. The first kappa shape index (κ1) is 24.1. The van der Waals surface area contributed by atoms with Gasteiger partial charge in [-0.3, -0.25) is 9.29 Å². The normalized spacial score (nSPS) is 12.4. The number of ether oxygens (including phenoxy) is 2. The van der Waals surface area contributed by atoms with Crippen LogP contribution in [-0.2, 0) is 16.4 Å². The summed E-state index contributed by atoms with van der Waals surface area (Å²) in [5.74, 6) is 1.48. The van der Waals surface area contributed by atoms with Crippen LogP contribution >= 0.6 is 0 Å². The summed E-state index contributed by atoms with van der Waals surface area (Å²) in [5.41, 5.74) is 0.374. The number of halogens is 1. The number of anilines is 1. The van der Waals surface area contributed by atoms with Crippen LogP contribution in [0.2, 0.25) is 0 Å². The number of sulfonamides is 1. The van der Waals surface area contributed by atoms with Gasteiger partial charge in [0.05, 0.1) is 31.9 Å². The minimum atomic E-state index is -4.01. The summed E-state index contributed by atoms with van der Waals surface area (Å²) in [5, 5.41) is 7.29. The Morgan fingerprint density at radius 1 is 1.09 bits per heavy atom. The summed E-state index contributed by atoms with van der Waals surface area (Å²) in [6, 6.07) is 8.58. The summed E-state index contributed by atoms with van der Waals surface area (Å²) in [6.07, 6.45) is 1.92. The molecule has 0 aliphatic rings. The molecule has 35 heavy (non-hydrogen) atoms. The van der Waals surface area contributed by atoms with Crippen molar-refractivity contribution in [1.82, 2.24) is 24.7 Å². The van der Waals surface area contributed by atoms with E-state index in [1.54, 1.807) is 37.3 Å². The highest BCUT2D eigenvalue weighted by Crippen LogP contribution is 2.38. The molecule has 3 aromatic heterocycles. The monoisotopic (exact) mass is 502 g/mol. The van der Waals surface area contributed by atoms with E-state index < -0.39 is 21.1 Å². The van der Waals surface area contributed by atoms with E-state index in [1.807, 2.05) is 0 Å². The summed E-state index contributed by atoms with van der Waals surface area (Å²) in [4.78, 5) is 7.68. The number of hydrogen-bond acceptors (Lipinski definition) is 9. The van der Waals surface area contributed by atoms with Gasteiger partial charge in [-0.15, -0.1) is 10.2 Å². The zero-order chi connectivity index (χ0) is 25.2. The molecule has 4 rings (SSSR count). The third-order valence-corrected chi connectivity index (χ3v) is 6.85. The number of furan rings is 1. The van der Waals surface area contributed by atoms with Crippen LogP contribution in [0.5, 0.6) is 11.5 Å². The van der Waals surface area contributed by atoms with Gasteiger partial charge in [-0.25, -0.2) is 22.8 Å². The fourth-order valence-electron chi connectivity index (χ4n) is 3.37. The number of methoxy groups -OCH3 is 2. The largest absolute Gasteiger partial charge is 0.494 e.